The number of nitrogens with one attached hydrogen (secondary N) is 2. The highest BCUT2D eigenvalue weighted by Crippen LogP contribution is 2.19. The van der Waals surface area contributed by atoms with Crippen LogP contribution in [0.2, 0.25) is 0 Å². The number of rotatable bonds is 6. The third-order valence-corrected chi connectivity index (χ3v) is 7.04. The topological polar surface area (TPSA) is 103 Å². The summed E-state index contributed by atoms with van der Waals surface area (Å²) in [5.41, 5.74) is 2.86. The van der Waals surface area contributed by atoms with E-state index in [0.29, 0.717) is 18.8 Å². The highest BCUT2D eigenvalue weighted by atomic mass is 32.2. The second-order valence-corrected chi connectivity index (χ2v) is 9.77. The van der Waals surface area contributed by atoms with E-state index >= 15 is 0 Å². The zero-order valence-electron chi connectivity index (χ0n) is 17.6. The van der Waals surface area contributed by atoms with Crippen molar-refractivity contribution in [3.05, 3.63) is 47.3 Å². The fourth-order valence-electron chi connectivity index (χ4n) is 3.52. The second kappa shape index (κ2) is 9.01. The molecular formula is C21H28N4O4S. The summed E-state index contributed by atoms with van der Waals surface area (Å²) in [4.78, 5) is 29.4. The van der Waals surface area contributed by atoms with Crippen molar-refractivity contribution in [2.45, 2.75) is 38.0 Å². The summed E-state index contributed by atoms with van der Waals surface area (Å²) >= 11 is 0. The lowest BCUT2D eigenvalue weighted by Gasteiger charge is -2.26. The van der Waals surface area contributed by atoms with Crippen molar-refractivity contribution in [1.29, 1.82) is 0 Å². The van der Waals surface area contributed by atoms with Crippen LogP contribution in [0.1, 0.15) is 40.9 Å². The molecule has 0 unspecified atom stereocenters. The SMILES string of the molecule is Cc1ccc(NC(=O)CN(C)S(=O)(=O)c2c[nH]c(C(=O)N3CCCCC3)c2)c(C)c1. The molecule has 2 amide bonds. The molecular weight excluding hydrogens is 404 g/mol. The zero-order valence-corrected chi connectivity index (χ0v) is 18.4. The average molecular weight is 433 g/mol. The molecule has 1 fully saturated rings. The first-order valence-electron chi connectivity index (χ1n) is 9.99. The Hall–Kier alpha value is -2.65. The Morgan fingerprint density at radius 3 is 2.50 bits per heavy atom. The number of aromatic amines is 1. The normalized spacial score (nSPS) is 14.7. The van der Waals surface area contributed by atoms with Gasteiger partial charge >= 0.3 is 0 Å². The molecule has 1 aromatic carbocycles. The molecule has 0 saturated carbocycles. The number of H-pyrrole nitrogens is 1. The van der Waals surface area contributed by atoms with Gasteiger partial charge in [0.25, 0.3) is 5.91 Å². The van der Waals surface area contributed by atoms with E-state index in [1.54, 1.807) is 11.0 Å². The largest absolute Gasteiger partial charge is 0.356 e. The third kappa shape index (κ3) is 4.91. The van der Waals surface area contributed by atoms with Crippen molar-refractivity contribution in [2.75, 3.05) is 32.0 Å². The highest BCUT2D eigenvalue weighted by molar-refractivity contribution is 7.89. The highest BCUT2D eigenvalue weighted by Gasteiger charge is 2.27. The standard InChI is InChI=1S/C21H28N4O4S/c1-15-7-8-18(16(2)11-15)23-20(26)14-24(3)30(28,29)17-12-19(22-13-17)21(27)25-9-5-4-6-10-25/h7-8,11-13,22H,4-6,9-10,14H2,1-3H3,(H,23,26). The molecule has 9 heteroatoms. The number of hydrogen-bond donors (Lipinski definition) is 2. The third-order valence-electron chi connectivity index (χ3n) is 5.26. The fourth-order valence-corrected chi connectivity index (χ4v) is 4.65. The Labute approximate surface area is 177 Å². The minimum atomic E-state index is -3.92. The zero-order chi connectivity index (χ0) is 21.9. The lowest BCUT2D eigenvalue weighted by molar-refractivity contribution is -0.116. The van der Waals surface area contributed by atoms with Crippen LogP contribution in [-0.2, 0) is 14.8 Å². The molecule has 1 aliphatic heterocycles. The number of nitrogens with zero attached hydrogens (tertiary/aromatic N) is 2. The molecule has 3 rings (SSSR count). The Bertz CT molecular complexity index is 1040. The van der Waals surface area contributed by atoms with Crippen LogP contribution in [0, 0.1) is 13.8 Å². The Kier molecular flexibility index (Phi) is 6.62. The first-order chi connectivity index (χ1) is 14.2. The van der Waals surface area contributed by atoms with Crippen molar-refractivity contribution in [1.82, 2.24) is 14.2 Å². The molecule has 162 valence electrons. The molecule has 1 aliphatic rings. The molecule has 0 spiro atoms. The number of piperidine rings is 1. The van der Waals surface area contributed by atoms with Crippen molar-refractivity contribution < 1.29 is 18.0 Å². The maximum absolute atomic E-state index is 12.8. The number of sulfonamides is 1. The molecule has 2 heterocycles. The molecule has 2 aromatic rings. The van der Waals surface area contributed by atoms with E-state index in [1.807, 2.05) is 26.0 Å². The number of carbonyl (C=O) groups excluding carboxylic acids is 2. The number of amides is 2. The molecule has 1 aromatic heterocycles. The van der Waals surface area contributed by atoms with Gasteiger partial charge in [-0.05, 0) is 50.8 Å². The van der Waals surface area contributed by atoms with E-state index in [1.165, 1.54) is 19.3 Å². The average Bonchev–Trinajstić information content (AvgIpc) is 3.21. The molecule has 0 atom stereocenters. The van der Waals surface area contributed by atoms with Crippen LogP contribution < -0.4 is 5.32 Å². The Morgan fingerprint density at radius 2 is 1.83 bits per heavy atom. The summed E-state index contributed by atoms with van der Waals surface area (Å²) in [5.74, 6) is -0.639. The number of anilines is 1. The van der Waals surface area contributed by atoms with Crippen molar-refractivity contribution in [3.8, 4) is 0 Å². The summed E-state index contributed by atoms with van der Waals surface area (Å²) in [6, 6.07) is 6.95. The van der Waals surface area contributed by atoms with Crippen LogP contribution in [-0.4, -0.2) is 61.1 Å². The van der Waals surface area contributed by atoms with E-state index in [4.69, 9.17) is 0 Å². The molecule has 30 heavy (non-hydrogen) atoms. The van der Waals surface area contributed by atoms with Gasteiger partial charge < -0.3 is 15.2 Å². The summed E-state index contributed by atoms with van der Waals surface area (Å²) in [6.07, 6.45) is 4.31. The Balaban J connectivity index is 1.66. The lowest BCUT2D eigenvalue weighted by Crippen LogP contribution is -2.36. The van der Waals surface area contributed by atoms with E-state index < -0.39 is 15.9 Å². The van der Waals surface area contributed by atoms with E-state index in [-0.39, 0.29) is 23.0 Å². The Morgan fingerprint density at radius 1 is 1.13 bits per heavy atom. The number of likely N-dealkylation sites (N-methyl/N-ethyl adjacent to an activating group) is 1. The molecule has 8 nitrogen and oxygen atoms in total. The lowest BCUT2D eigenvalue weighted by atomic mass is 10.1. The number of hydrogen-bond acceptors (Lipinski definition) is 4. The van der Waals surface area contributed by atoms with Crippen LogP contribution >= 0.6 is 0 Å². The van der Waals surface area contributed by atoms with Crippen LogP contribution in [0.3, 0.4) is 0 Å². The summed E-state index contributed by atoms with van der Waals surface area (Å²) < 4.78 is 26.7. The van der Waals surface area contributed by atoms with Gasteiger partial charge in [0.1, 0.15) is 10.6 Å². The number of carbonyl (C=O) groups is 2. The number of benzene rings is 1. The van der Waals surface area contributed by atoms with Gasteiger partial charge in [-0.25, -0.2) is 8.42 Å². The quantitative estimate of drug-likeness (QED) is 0.732. The fraction of sp³-hybridized carbons (Fsp3) is 0.429. The van der Waals surface area contributed by atoms with Crippen LogP contribution in [0.25, 0.3) is 0 Å². The van der Waals surface area contributed by atoms with E-state index in [9.17, 15) is 18.0 Å². The first-order valence-corrected chi connectivity index (χ1v) is 11.4. The maximum Gasteiger partial charge on any atom is 0.270 e. The summed E-state index contributed by atoms with van der Waals surface area (Å²) in [7, 11) is -2.57. The number of aryl methyl sites for hydroxylation is 2. The smallest absolute Gasteiger partial charge is 0.270 e. The predicted molar refractivity (Wildman–Crippen MR) is 115 cm³/mol. The van der Waals surface area contributed by atoms with Gasteiger partial charge in [-0.2, -0.15) is 4.31 Å². The van der Waals surface area contributed by atoms with E-state index in [0.717, 1.165) is 34.7 Å². The van der Waals surface area contributed by atoms with E-state index in [2.05, 4.69) is 10.3 Å². The van der Waals surface area contributed by atoms with Crippen molar-refractivity contribution in [2.24, 2.45) is 0 Å². The number of likely N-dealkylation sites (tertiary alicyclic amines) is 1. The second-order valence-electron chi connectivity index (χ2n) is 7.73. The number of aromatic nitrogens is 1. The van der Waals surface area contributed by atoms with Gasteiger partial charge in [-0.1, -0.05) is 17.7 Å². The molecule has 1 saturated heterocycles. The summed E-state index contributed by atoms with van der Waals surface area (Å²) in [6.45, 7) is 4.86. The van der Waals surface area contributed by atoms with Gasteiger partial charge in [-0.15, -0.1) is 0 Å². The molecule has 0 bridgehead atoms. The van der Waals surface area contributed by atoms with Gasteiger partial charge in [0, 0.05) is 32.0 Å². The van der Waals surface area contributed by atoms with Gasteiger partial charge in [0.15, 0.2) is 0 Å². The molecule has 0 radical (unpaired) electrons. The molecule has 2 N–H and O–H groups in total. The predicted octanol–water partition coefficient (Wildman–Crippen LogP) is 2.52. The van der Waals surface area contributed by atoms with Gasteiger partial charge in [0.05, 0.1) is 6.54 Å². The summed E-state index contributed by atoms with van der Waals surface area (Å²) in [5, 5.41) is 2.74. The first kappa shape index (κ1) is 22.0. The minimum absolute atomic E-state index is 0.0373. The maximum atomic E-state index is 12.8. The van der Waals surface area contributed by atoms with Crippen molar-refractivity contribution in [3.63, 3.8) is 0 Å². The van der Waals surface area contributed by atoms with Crippen molar-refractivity contribution >= 4 is 27.5 Å². The van der Waals surface area contributed by atoms with Gasteiger partial charge in [-0.3, -0.25) is 9.59 Å². The minimum Gasteiger partial charge on any atom is -0.356 e. The van der Waals surface area contributed by atoms with Crippen LogP contribution in [0.5, 0.6) is 0 Å². The monoisotopic (exact) mass is 432 g/mol. The van der Waals surface area contributed by atoms with Crippen LogP contribution in [0.15, 0.2) is 35.4 Å². The molecule has 0 aliphatic carbocycles. The van der Waals surface area contributed by atoms with Crippen LogP contribution in [0.4, 0.5) is 5.69 Å². The van der Waals surface area contributed by atoms with Gasteiger partial charge in [0.2, 0.25) is 15.9 Å².